The second-order valence-electron chi connectivity index (χ2n) is 3.63. The minimum atomic E-state index is 0.657. The van der Waals surface area contributed by atoms with Gasteiger partial charge in [0.05, 0.1) is 16.9 Å². The lowest BCUT2D eigenvalue weighted by molar-refractivity contribution is 0.0949. The van der Waals surface area contributed by atoms with Crippen molar-refractivity contribution in [3.8, 4) is 0 Å². The molecule has 20 heavy (non-hydrogen) atoms. The highest BCUT2D eigenvalue weighted by atomic mass is 32.3. The number of hydrogen-bond acceptors (Lipinski definition) is 8. The van der Waals surface area contributed by atoms with Crippen molar-refractivity contribution >= 4 is 70.6 Å². The molecule has 0 atom stereocenters. The molecular weight excluding hydrogens is 369 g/mol. The van der Waals surface area contributed by atoms with Crippen molar-refractivity contribution in [3.63, 3.8) is 0 Å². The fourth-order valence-corrected chi connectivity index (χ4v) is 8.45. The molecule has 3 aliphatic rings. The van der Waals surface area contributed by atoms with Crippen LogP contribution in [0.1, 0.15) is 0 Å². The van der Waals surface area contributed by atoms with Crippen LogP contribution in [-0.4, -0.2) is 25.7 Å². The molecule has 0 unspecified atom stereocenters. The number of thioether (sulfide) groups is 6. The molecular formula is C12H12O2S6. The predicted molar refractivity (Wildman–Crippen MR) is 99.5 cm³/mol. The molecule has 0 aromatic rings. The van der Waals surface area contributed by atoms with Crippen LogP contribution in [-0.2, 0) is 9.47 Å². The van der Waals surface area contributed by atoms with E-state index in [1.165, 1.54) is 16.9 Å². The Morgan fingerprint density at radius 3 is 1.70 bits per heavy atom. The monoisotopic (exact) mass is 380 g/mol. The fourth-order valence-electron chi connectivity index (χ4n) is 1.54. The van der Waals surface area contributed by atoms with Crippen molar-refractivity contribution in [3.05, 3.63) is 39.3 Å². The van der Waals surface area contributed by atoms with Crippen LogP contribution in [0.15, 0.2) is 39.3 Å². The SMILES string of the molecule is CSC1=C(SC)SC(=CC=C2SC3=C(OCCO3)S2)S1. The van der Waals surface area contributed by atoms with Crippen LogP contribution < -0.4 is 0 Å². The Labute approximate surface area is 144 Å². The zero-order chi connectivity index (χ0) is 13.9. The molecule has 2 nitrogen and oxygen atoms in total. The zero-order valence-electron chi connectivity index (χ0n) is 10.8. The van der Waals surface area contributed by atoms with Crippen molar-refractivity contribution in [1.82, 2.24) is 0 Å². The highest BCUT2D eigenvalue weighted by Gasteiger charge is 2.27. The van der Waals surface area contributed by atoms with E-state index in [2.05, 4.69) is 24.7 Å². The van der Waals surface area contributed by atoms with Crippen molar-refractivity contribution in [1.29, 1.82) is 0 Å². The Morgan fingerprint density at radius 2 is 1.25 bits per heavy atom. The van der Waals surface area contributed by atoms with Gasteiger partial charge in [-0.1, -0.05) is 23.5 Å². The number of rotatable bonds is 3. The second-order valence-corrected chi connectivity index (χ2v) is 10.4. The normalized spacial score (nSPS) is 21.9. The molecule has 0 spiro atoms. The maximum Gasteiger partial charge on any atom is 0.208 e. The molecule has 0 aromatic heterocycles. The van der Waals surface area contributed by atoms with E-state index in [4.69, 9.17) is 9.47 Å². The number of allylic oxidation sites excluding steroid dienone is 2. The van der Waals surface area contributed by atoms with Gasteiger partial charge < -0.3 is 9.47 Å². The quantitative estimate of drug-likeness (QED) is 0.617. The molecule has 0 aromatic carbocycles. The third-order valence-corrected chi connectivity index (χ3v) is 9.78. The molecule has 0 N–H and O–H groups in total. The van der Waals surface area contributed by atoms with Gasteiger partial charge in [-0.2, -0.15) is 0 Å². The number of hydrogen-bond donors (Lipinski definition) is 0. The van der Waals surface area contributed by atoms with Crippen LogP contribution in [0, 0.1) is 0 Å². The summed E-state index contributed by atoms with van der Waals surface area (Å²) in [7, 11) is 0. The molecule has 3 rings (SSSR count). The summed E-state index contributed by atoms with van der Waals surface area (Å²) in [5, 5.41) is 1.84. The molecule has 0 amide bonds. The maximum absolute atomic E-state index is 5.58. The minimum absolute atomic E-state index is 0.657. The van der Waals surface area contributed by atoms with E-state index in [9.17, 15) is 0 Å². The average molecular weight is 381 g/mol. The largest absolute Gasteiger partial charge is 0.480 e. The van der Waals surface area contributed by atoms with Crippen molar-refractivity contribution in [2.24, 2.45) is 0 Å². The maximum atomic E-state index is 5.58. The van der Waals surface area contributed by atoms with Gasteiger partial charge in [-0.25, -0.2) is 0 Å². The highest BCUT2D eigenvalue weighted by Crippen LogP contribution is 2.56. The fraction of sp³-hybridized carbons (Fsp3) is 0.333. The Kier molecular flexibility index (Phi) is 5.66. The van der Waals surface area contributed by atoms with Gasteiger partial charge in [0.2, 0.25) is 10.2 Å². The van der Waals surface area contributed by atoms with Crippen LogP contribution in [0.25, 0.3) is 0 Å². The van der Waals surface area contributed by atoms with Crippen LogP contribution in [0.2, 0.25) is 0 Å². The Morgan fingerprint density at radius 1 is 0.800 bits per heavy atom. The van der Waals surface area contributed by atoms with Gasteiger partial charge in [0, 0.05) is 0 Å². The summed E-state index contributed by atoms with van der Waals surface area (Å²) in [5.74, 6) is 0. The smallest absolute Gasteiger partial charge is 0.208 e. The van der Waals surface area contributed by atoms with Gasteiger partial charge in [0.25, 0.3) is 0 Å². The summed E-state index contributed by atoms with van der Waals surface area (Å²) in [5.41, 5.74) is 0. The van der Waals surface area contributed by atoms with Gasteiger partial charge >= 0.3 is 0 Å². The van der Waals surface area contributed by atoms with E-state index < -0.39 is 0 Å². The van der Waals surface area contributed by atoms with E-state index in [0.29, 0.717) is 13.2 Å². The molecule has 0 aliphatic carbocycles. The van der Waals surface area contributed by atoms with Gasteiger partial charge in [0.15, 0.2) is 0 Å². The molecule has 0 bridgehead atoms. The molecule has 0 fully saturated rings. The summed E-state index contributed by atoms with van der Waals surface area (Å²) >= 11 is 10.7. The van der Waals surface area contributed by atoms with Crippen LogP contribution in [0.4, 0.5) is 0 Å². The third-order valence-electron chi connectivity index (χ3n) is 2.38. The minimum Gasteiger partial charge on any atom is -0.480 e. The summed E-state index contributed by atoms with van der Waals surface area (Å²) in [4.78, 5) is 0. The molecule has 0 saturated heterocycles. The molecule has 8 heteroatoms. The summed E-state index contributed by atoms with van der Waals surface area (Å²) in [6.45, 7) is 1.31. The van der Waals surface area contributed by atoms with Crippen molar-refractivity contribution < 1.29 is 9.47 Å². The van der Waals surface area contributed by atoms with Gasteiger partial charge in [-0.05, 0) is 48.2 Å². The first kappa shape index (κ1) is 15.6. The van der Waals surface area contributed by atoms with E-state index in [0.717, 1.165) is 10.2 Å². The van der Waals surface area contributed by atoms with Crippen LogP contribution in [0.5, 0.6) is 0 Å². The van der Waals surface area contributed by atoms with Crippen LogP contribution >= 0.6 is 70.6 Å². The first-order valence-electron chi connectivity index (χ1n) is 5.75. The molecule has 108 valence electrons. The van der Waals surface area contributed by atoms with E-state index >= 15 is 0 Å². The second kappa shape index (κ2) is 7.28. The zero-order valence-corrected chi connectivity index (χ0v) is 15.7. The Balaban J connectivity index is 1.63. The van der Waals surface area contributed by atoms with Gasteiger partial charge in [-0.15, -0.1) is 23.5 Å². The van der Waals surface area contributed by atoms with Gasteiger partial charge in [0.1, 0.15) is 13.2 Å². The average Bonchev–Trinajstić information content (AvgIpc) is 3.07. The Hall–Kier alpha value is 0.660. The van der Waals surface area contributed by atoms with E-state index in [1.807, 2.05) is 47.0 Å². The first-order chi connectivity index (χ1) is 9.80. The topological polar surface area (TPSA) is 18.5 Å². The van der Waals surface area contributed by atoms with Crippen LogP contribution in [0.3, 0.4) is 0 Å². The lowest BCUT2D eigenvalue weighted by Gasteiger charge is -2.13. The third kappa shape index (κ3) is 3.52. The summed E-state index contributed by atoms with van der Waals surface area (Å²) in [6.07, 6.45) is 8.63. The van der Waals surface area contributed by atoms with Crippen molar-refractivity contribution in [2.75, 3.05) is 25.7 Å². The highest BCUT2D eigenvalue weighted by molar-refractivity contribution is 8.40. The lowest BCUT2D eigenvalue weighted by atomic mass is 10.6. The molecule has 3 aliphatic heterocycles. The molecule has 0 saturated carbocycles. The molecule has 0 radical (unpaired) electrons. The number of ether oxygens (including phenoxy) is 2. The van der Waals surface area contributed by atoms with E-state index in [1.54, 1.807) is 23.5 Å². The Bertz CT molecular complexity index is 466. The summed E-state index contributed by atoms with van der Waals surface area (Å²) in [6, 6.07) is 0. The lowest BCUT2D eigenvalue weighted by Crippen LogP contribution is -2.08. The molecule has 3 heterocycles. The standard InChI is InChI=1S/C12H12O2S6/c1-15-11-12(16-2)20-8(19-11)4-3-7-17-9-10(18-7)14-6-5-13-9/h3-4H,5-6H2,1-2H3. The summed E-state index contributed by atoms with van der Waals surface area (Å²) < 4.78 is 16.5. The van der Waals surface area contributed by atoms with Crippen molar-refractivity contribution in [2.45, 2.75) is 0 Å². The predicted octanol–water partition coefficient (Wildman–Crippen LogP) is 5.66. The first-order valence-corrected chi connectivity index (χ1v) is 11.5. The van der Waals surface area contributed by atoms with E-state index in [-0.39, 0.29) is 0 Å². The van der Waals surface area contributed by atoms with Gasteiger partial charge in [-0.3, -0.25) is 0 Å².